The molecule has 0 aromatic heterocycles. The minimum absolute atomic E-state index is 0.0321. The van der Waals surface area contributed by atoms with Crippen molar-refractivity contribution >= 4 is 17.8 Å². The number of hydrogen-bond donors (Lipinski definition) is 2. The lowest BCUT2D eigenvalue weighted by Crippen LogP contribution is -2.41. The Morgan fingerprint density at radius 2 is 1.96 bits per heavy atom. The summed E-state index contributed by atoms with van der Waals surface area (Å²) in [6.45, 7) is 3.90. The third-order valence-electron chi connectivity index (χ3n) is 4.40. The van der Waals surface area contributed by atoms with Gasteiger partial charge in [0.1, 0.15) is 5.75 Å². The van der Waals surface area contributed by atoms with Gasteiger partial charge in [-0.25, -0.2) is 0 Å². The molecule has 0 bridgehead atoms. The largest absolute Gasteiger partial charge is 0.497 e. The molecular formula is C18H24N2O5. The van der Waals surface area contributed by atoms with Crippen LogP contribution in [0, 0.1) is 11.3 Å². The Labute approximate surface area is 147 Å². The van der Waals surface area contributed by atoms with Gasteiger partial charge in [-0.05, 0) is 31.5 Å². The highest BCUT2D eigenvalue weighted by Crippen LogP contribution is 2.22. The summed E-state index contributed by atoms with van der Waals surface area (Å²) in [4.78, 5) is 37.1. The number of carboxylic acid groups (broad SMARTS) is 1. The number of nitrogens with one attached hydrogen (secondary N) is 1. The molecule has 7 nitrogen and oxygen atoms in total. The van der Waals surface area contributed by atoms with E-state index in [2.05, 4.69) is 5.32 Å². The van der Waals surface area contributed by atoms with Gasteiger partial charge in [0.15, 0.2) is 0 Å². The van der Waals surface area contributed by atoms with Crippen molar-refractivity contribution in [2.24, 2.45) is 11.3 Å². The van der Waals surface area contributed by atoms with Gasteiger partial charge in [-0.2, -0.15) is 0 Å². The molecule has 1 aliphatic rings. The van der Waals surface area contributed by atoms with Crippen molar-refractivity contribution in [1.29, 1.82) is 0 Å². The molecule has 0 radical (unpaired) electrons. The number of likely N-dealkylation sites (tertiary alicyclic amines) is 1. The minimum atomic E-state index is -1.04. The molecule has 1 fully saturated rings. The molecule has 0 spiro atoms. The number of aliphatic carboxylic acids is 1. The van der Waals surface area contributed by atoms with E-state index >= 15 is 0 Å². The average molecular weight is 348 g/mol. The monoisotopic (exact) mass is 348 g/mol. The molecule has 1 aromatic carbocycles. The summed E-state index contributed by atoms with van der Waals surface area (Å²) < 4.78 is 5.10. The number of amides is 2. The number of rotatable bonds is 7. The van der Waals surface area contributed by atoms with Gasteiger partial charge in [-0.3, -0.25) is 14.4 Å². The van der Waals surface area contributed by atoms with Gasteiger partial charge in [0.05, 0.1) is 18.4 Å². The van der Waals surface area contributed by atoms with E-state index in [1.807, 2.05) is 24.3 Å². The van der Waals surface area contributed by atoms with Gasteiger partial charge in [0.25, 0.3) is 0 Å². The standard InChI is InChI=1S/C18H24N2O5/c1-18(2,17(23)24)11-19-16(22)13-8-15(21)20(10-13)9-12-4-6-14(25-3)7-5-12/h4-7,13H,8-11H2,1-3H3,(H,19,22)(H,23,24). The van der Waals surface area contributed by atoms with E-state index in [1.54, 1.807) is 25.9 Å². The van der Waals surface area contributed by atoms with E-state index in [1.165, 1.54) is 0 Å². The molecule has 0 aliphatic carbocycles. The summed E-state index contributed by atoms with van der Waals surface area (Å²) in [5.74, 6) is -1.03. The molecule has 2 rings (SSSR count). The number of carboxylic acids is 1. The number of carbonyl (C=O) groups is 3. The molecule has 0 saturated carbocycles. The third kappa shape index (κ3) is 4.71. The van der Waals surface area contributed by atoms with E-state index in [4.69, 9.17) is 9.84 Å². The van der Waals surface area contributed by atoms with Gasteiger partial charge in [0, 0.05) is 26.1 Å². The molecule has 7 heteroatoms. The van der Waals surface area contributed by atoms with Crippen molar-refractivity contribution in [2.75, 3.05) is 20.2 Å². The molecule has 1 heterocycles. The Morgan fingerprint density at radius 3 is 2.52 bits per heavy atom. The number of methoxy groups -OCH3 is 1. The zero-order chi connectivity index (χ0) is 18.6. The first kappa shape index (κ1) is 18.8. The normalized spacial score (nSPS) is 17.5. The minimum Gasteiger partial charge on any atom is -0.497 e. The third-order valence-corrected chi connectivity index (χ3v) is 4.40. The van der Waals surface area contributed by atoms with Crippen LogP contribution >= 0.6 is 0 Å². The number of hydrogen-bond acceptors (Lipinski definition) is 4. The molecule has 1 unspecified atom stereocenters. The molecular weight excluding hydrogens is 324 g/mol. The first-order valence-corrected chi connectivity index (χ1v) is 8.15. The van der Waals surface area contributed by atoms with Gasteiger partial charge < -0.3 is 20.1 Å². The van der Waals surface area contributed by atoms with Crippen molar-refractivity contribution in [3.63, 3.8) is 0 Å². The Hall–Kier alpha value is -2.57. The summed E-state index contributed by atoms with van der Waals surface area (Å²) in [5.41, 5.74) is -0.0802. The van der Waals surface area contributed by atoms with Gasteiger partial charge in [-0.15, -0.1) is 0 Å². The predicted molar refractivity (Wildman–Crippen MR) is 90.9 cm³/mol. The van der Waals surface area contributed by atoms with Crippen molar-refractivity contribution in [1.82, 2.24) is 10.2 Å². The Balaban J connectivity index is 1.90. The van der Waals surface area contributed by atoms with Gasteiger partial charge in [0.2, 0.25) is 11.8 Å². The lowest BCUT2D eigenvalue weighted by Gasteiger charge is -2.21. The van der Waals surface area contributed by atoms with Crippen molar-refractivity contribution in [3.8, 4) is 5.75 Å². The van der Waals surface area contributed by atoms with Crippen LogP contribution in [0.3, 0.4) is 0 Å². The van der Waals surface area contributed by atoms with Gasteiger partial charge >= 0.3 is 5.97 Å². The van der Waals surface area contributed by atoms with Crippen LogP contribution in [0.2, 0.25) is 0 Å². The first-order valence-electron chi connectivity index (χ1n) is 8.15. The predicted octanol–water partition coefficient (Wildman–Crippen LogP) is 1.27. The van der Waals surface area contributed by atoms with Gasteiger partial charge in [-0.1, -0.05) is 12.1 Å². The summed E-state index contributed by atoms with van der Waals surface area (Å²) in [7, 11) is 1.59. The Morgan fingerprint density at radius 1 is 1.32 bits per heavy atom. The number of nitrogens with zero attached hydrogens (tertiary/aromatic N) is 1. The molecule has 2 N–H and O–H groups in total. The molecule has 2 amide bonds. The lowest BCUT2D eigenvalue weighted by atomic mass is 9.93. The zero-order valence-corrected chi connectivity index (χ0v) is 14.7. The van der Waals surface area contributed by atoms with Crippen LogP contribution in [-0.2, 0) is 20.9 Å². The Kier molecular flexibility index (Phi) is 5.66. The van der Waals surface area contributed by atoms with Crippen LogP contribution in [-0.4, -0.2) is 48.0 Å². The fourth-order valence-corrected chi connectivity index (χ4v) is 2.58. The maximum absolute atomic E-state index is 12.2. The zero-order valence-electron chi connectivity index (χ0n) is 14.7. The highest BCUT2D eigenvalue weighted by atomic mass is 16.5. The average Bonchev–Trinajstić information content (AvgIpc) is 2.94. The van der Waals surface area contributed by atoms with Crippen LogP contribution in [0.4, 0.5) is 0 Å². The highest BCUT2D eigenvalue weighted by Gasteiger charge is 2.35. The Bertz CT molecular complexity index is 654. The van der Waals surface area contributed by atoms with Crippen LogP contribution < -0.4 is 10.1 Å². The maximum atomic E-state index is 12.2. The molecule has 1 saturated heterocycles. The fourth-order valence-electron chi connectivity index (χ4n) is 2.58. The van der Waals surface area contributed by atoms with Crippen molar-refractivity contribution in [3.05, 3.63) is 29.8 Å². The topological polar surface area (TPSA) is 95.9 Å². The summed E-state index contributed by atoms with van der Waals surface area (Å²) in [6, 6.07) is 7.42. The van der Waals surface area contributed by atoms with E-state index in [-0.39, 0.29) is 24.8 Å². The number of ether oxygens (including phenoxy) is 1. The summed E-state index contributed by atoms with van der Waals surface area (Å²) in [6.07, 6.45) is 0.148. The van der Waals surface area contributed by atoms with Crippen molar-refractivity contribution in [2.45, 2.75) is 26.8 Å². The van der Waals surface area contributed by atoms with Crippen LogP contribution in [0.1, 0.15) is 25.8 Å². The lowest BCUT2D eigenvalue weighted by molar-refractivity contribution is -0.147. The summed E-state index contributed by atoms with van der Waals surface area (Å²) >= 11 is 0. The quantitative estimate of drug-likeness (QED) is 0.774. The highest BCUT2D eigenvalue weighted by molar-refractivity contribution is 5.89. The van der Waals surface area contributed by atoms with Crippen LogP contribution in [0.15, 0.2) is 24.3 Å². The number of benzene rings is 1. The van der Waals surface area contributed by atoms with E-state index < -0.39 is 17.3 Å². The number of carbonyl (C=O) groups excluding carboxylic acids is 2. The second-order valence-corrected chi connectivity index (χ2v) is 6.93. The van der Waals surface area contributed by atoms with E-state index in [0.29, 0.717) is 13.1 Å². The molecule has 136 valence electrons. The summed E-state index contributed by atoms with van der Waals surface area (Å²) in [5, 5.41) is 11.7. The van der Waals surface area contributed by atoms with Crippen LogP contribution in [0.5, 0.6) is 5.75 Å². The molecule has 25 heavy (non-hydrogen) atoms. The molecule has 1 aromatic rings. The maximum Gasteiger partial charge on any atom is 0.310 e. The van der Waals surface area contributed by atoms with Crippen LogP contribution in [0.25, 0.3) is 0 Å². The van der Waals surface area contributed by atoms with E-state index in [0.717, 1.165) is 11.3 Å². The fraction of sp³-hybridized carbons (Fsp3) is 0.500. The molecule has 1 aliphatic heterocycles. The first-order chi connectivity index (χ1) is 11.7. The SMILES string of the molecule is COc1ccc(CN2CC(C(=O)NCC(C)(C)C(=O)O)CC2=O)cc1. The second kappa shape index (κ2) is 7.55. The van der Waals surface area contributed by atoms with Crippen molar-refractivity contribution < 1.29 is 24.2 Å². The second-order valence-electron chi connectivity index (χ2n) is 6.93. The van der Waals surface area contributed by atoms with E-state index in [9.17, 15) is 14.4 Å². The molecule has 1 atom stereocenters. The smallest absolute Gasteiger partial charge is 0.310 e.